The number of nitrogens with one attached hydrogen (secondary N) is 1. The minimum atomic E-state index is 0.426. The van der Waals surface area contributed by atoms with E-state index in [1.165, 1.54) is 32.1 Å². The van der Waals surface area contributed by atoms with Crippen LogP contribution in [0.2, 0.25) is 0 Å². The Morgan fingerprint density at radius 1 is 1.15 bits per heavy atom. The molecule has 0 aromatic heterocycles. The number of nitrogens with zero attached hydrogens (tertiary/aromatic N) is 1. The van der Waals surface area contributed by atoms with Gasteiger partial charge in [0.15, 0.2) is 0 Å². The van der Waals surface area contributed by atoms with Gasteiger partial charge in [-0.1, -0.05) is 33.3 Å². The van der Waals surface area contributed by atoms with Gasteiger partial charge in [0.1, 0.15) is 0 Å². The normalized spacial score (nSPS) is 23.7. The molecule has 0 heterocycles. The van der Waals surface area contributed by atoms with Gasteiger partial charge < -0.3 is 5.32 Å². The molecule has 2 atom stereocenters. The van der Waals surface area contributed by atoms with Gasteiger partial charge in [-0.25, -0.2) is 0 Å². The summed E-state index contributed by atoms with van der Waals surface area (Å²) >= 11 is 0. The number of hydrogen-bond acceptors (Lipinski definition) is 2. The summed E-state index contributed by atoms with van der Waals surface area (Å²) in [5.41, 5.74) is 2.25. The van der Waals surface area contributed by atoms with E-state index < -0.39 is 0 Å². The lowest BCUT2D eigenvalue weighted by Gasteiger charge is -2.29. The standard InChI is InChI=1S/C18H26N2/c1-18(2,3)15-7-5-8-16(11-10-15)20-17-9-4-6-14(12-17)13-19/h4,6,9,12,15-16,20H,5,7-8,10-11H2,1-3H3. The molecule has 0 bridgehead atoms. The second-order valence-electron chi connectivity index (χ2n) is 7.11. The number of nitriles is 1. The third kappa shape index (κ3) is 4.00. The van der Waals surface area contributed by atoms with Crippen LogP contribution in [-0.2, 0) is 0 Å². The van der Waals surface area contributed by atoms with E-state index in [2.05, 4.69) is 38.2 Å². The van der Waals surface area contributed by atoms with Crippen LogP contribution in [0.3, 0.4) is 0 Å². The van der Waals surface area contributed by atoms with Gasteiger partial charge in [0.05, 0.1) is 11.6 Å². The summed E-state index contributed by atoms with van der Waals surface area (Å²) in [4.78, 5) is 0. The van der Waals surface area contributed by atoms with E-state index in [1.54, 1.807) is 0 Å². The minimum absolute atomic E-state index is 0.426. The molecule has 0 saturated heterocycles. The van der Waals surface area contributed by atoms with Crippen LogP contribution in [0, 0.1) is 22.7 Å². The van der Waals surface area contributed by atoms with E-state index in [4.69, 9.17) is 5.26 Å². The van der Waals surface area contributed by atoms with Crippen LogP contribution in [-0.4, -0.2) is 6.04 Å². The van der Waals surface area contributed by atoms with Gasteiger partial charge in [0, 0.05) is 11.7 Å². The Bertz CT molecular complexity index is 479. The maximum absolute atomic E-state index is 8.96. The fourth-order valence-electron chi connectivity index (χ4n) is 3.23. The first kappa shape index (κ1) is 14.9. The predicted molar refractivity (Wildman–Crippen MR) is 84.6 cm³/mol. The van der Waals surface area contributed by atoms with Crippen LogP contribution in [0.5, 0.6) is 0 Å². The fraction of sp³-hybridized carbons (Fsp3) is 0.611. The summed E-state index contributed by atoms with van der Waals surface area (Å²) in [5, 5.41) is 12.6. The first-order valence-electron chi connectivity index (χ1n) is 7.76. The van der Waals surface area contributed by atoms with Crippen LogP contribution in [0.25, 0.3) is 0 Å². The highest BCUT2D eigenvalue weighted by Crippen LogP contribution is 2.37. The average Bonchev–Trinajstić information content (AvgIpc) is 2.64. The molecular weight excluding hydrogens is 244 g/mol. The number of anilines is 1. The van der Waals surface area contributed by atoms with Gasteiger partial charge in [0.2, 0.25) is 0 Å². The zero-order valence-electron chi connectivity index (χ0n) is 12.9. The van der Waals surface area contributed by atoms with Crippen LogP contribution < -0.4 is 5.32 Å². The molecule has 1 aliphatic carbocycles. The third-order valence-electron chi connectivity index (χ3n) is 4.56. The van der Waals surface area contributed by atoms with Crippen molar-refractivity contribution in [3.05, 3.63) is 29.8 Å². The summed E-state index contributed by atoms with van der Waals surface area (Å²) in [6, 6.07) is 10.6. The molecule has 1 N–H and O–H groups in total. The largest absolute Gasteiger partial charge is 0.382 e. The van der Waals surface area contributed by atoms with Crippen molar-refractivity contribution in [3.8, 4) is 6.07 Å². The highest BCUT2D eigenvalue weighted by atomic mass is 14.9. The molecule has 1 aromatic rings. The molecule has 20 heavy (non-hydrogen) atoms. The molecule has 0 aliphatic heterocycles. The summed E-state index contributed by atoms with van der Waals surface area (Å²) in [7, 11) is 0. The first-order chi connectivity index (χ1) is 9.49. The Labute approximate surface area is 123 Å². The van der Waals surface area contributed by atoms with Crippen LogP contribution in [0.1, 0.15) is 58.4 Å². The Kier molecular flexibility index (Phi) is 4.70. The summed E-state index contributed by atoms with van der Waals surface area (Å²) in [5.74, 6) is 0.833. The van der Waals surface area contributed by atoms with Crippen molar-refractivity contribution in [2.45, 2.75) is 58.9 Å². The first-order valence-corrected chi connectivity index (χ1v) is 7.76. The topological polar surface area (TPSA) is 35.8 Å². The molecule has 0 amide bonds. The minimum Gasteiger partial charge on any atom is -0.382 e. The van der Waals surface area contributed by atoms with E-state index in [0.717, 1.165) is 17.2 Å². The molecular formula is C18H26N2. The van der Waals surface area contributed by atoms with Crippen molar-refractivity contribution in [1.82, 2.24) is 0 Å². The van der Waals surface area contributed by atoms with Crippen molar-refractivity contribution in [2.75, 3.05) is 5.32 Å². The Morgan fingerprint density at radius 2 is 1.95 bits per heavy atom. The predicted octanol–water partition coefficient (Wildman–Crippen LogP) is 4.97. The molecule has 2 heteroatoms. The van der Waals surface area contributed by atoms with Gasteiger partial charge >= 0.3 is 0 Å². The lowest BCUT2D eigenvalue weighted by atomic mass is 9.76. The molecule has 2 rings (SSSR count). The van der Waals surface area contributed by atoms with Gasteiger partial charge in [-0.2, -0.15) is 5.26 Å². The summed E-state index contributed by atoms with van der Waals surface area (Å²) in [6.07, 6.45) is 6.43. The molecule has 1 fully saturated rings. The number of hydrogen-bond donors (Lipinski definition) is 1. The quantitative estimate of drug-likeness (QED) is 0.770. The van der Waals surface area contributed by atoms with Crippen molar-refractivity contribution < 1.29 is 0 Å². The SMILES string of the molecule is CC(C)(C)C1CCCC(Nc2cccc(C#N)c2)CC1. The molecule has 2 unspecified atom stereocenters. The van der Waals surface area contributed by atoms with Crippen molar-refractivity contribution in [1.29, 1.82) is 5.26 Å². The van der Waals surface area contributed by atoms with E-state index in [-0.39, 0.29) is 0 Å². The smallest absolute Gasteiger partial charge is 0.0992 e. The maximum Gasteiger partial charge on any atom is 0.0992 e. The third-order valence-corrected chi connectivity index (χ3v) is 4.56. The Morgan fingerprint density at radius 3 is 2.65 bits per heavy atom. The average molecular weight is 270 g/mol. The molecule has 108 valence electrons. The van der Waals surface area contributed by atoms with E-state index in [9.17, 15) is 0 Å². The zero-order valence-corrected chi connectivity index (χ0v) is 12.9. The second kappa shape index (κ2) is 6.31. The lowest BCUT2D eigenvalue weighted by molar-refractivity contribution is 0.214. The summed E-state index contributed by atoms with van der Waals surface area (Å²) < 4.78 is 0. The van der Waals surface area contributed by atoms with Gasteiger partial charge in [0.25, 0.3) is 0 Å². The Hall–Kier alpha value is -1.49. The van der Waals surface area contributed by atoms with Crippen LogP contribution >= 0.6 is 0 Å². The zero-order chi connectivity index (χ0) is 14.6. The van der Waals surface area contributed by atoms with Crippen molar-refractivity contribution >= 4 is 5.69 Å². The van der Waals surface area contributed by atoms with Gasteiger partial charge in [-0.3, -0.25) is 0 Å². The van der Waals surface area contributed by atoms with Gasteiger partial charge in [-0.15, -0.1) is 0 Å². The molecule has 0 spiro atoms. The monoisotopic (exact) mass is 270 g/mol. The molecule has 1 saturated carbocycles. The van der Waals surface area contributed by atoms with Crippen molar-refractivity contribution in [3.63, 3.8) is 0 Å². The lowest BCUT2D eigenvalue weighted by Crippen LogP contribution is -2.21. The molecule has 0 radical (unpaired) electrons. The second-order valence-corrected chi connectivity index (χ2v) is 7.11. The van der Waals surface area contributed by atoms with Crippen LogP contribution in [0.15, 0.2) is 24.3 Å². The van der Waals surface area contributed by atoms with E-state index in [1.807, 2.05) is 18.2 Å². The maximum atomic E-state index is 8.96. The molecule has 1 aliphatic rings. The number of benzene rings is 1. The van der Waals surface area contributed by atoms with E-state index >= 15 is 0 Å². The van der Waals surface area contributed by atoms with E-state index in [0.29, 0.717) is 11.5 Å². The highest BCUT2D eigenvalue weighted by molar-refractivity contribution is 5.49. The highest BCUT2D eigenvalue weighted by Gasteiger charge is 2.27. The van der Waals surface area contributed by atoms with Crippen molar-refractivity contribution in [2.24, 2.45) is 11.3 Å². The fourth-order valence-corrected chi connectivity index (χ4v) is 3.23. The Balaban J connectivity index is 1.96. The van der Waals surface area contributed by atoms with Gasteiger partial charge in [-0.05, 0) is 55.2 Å². The summed E-state index contributed by atoms with van der Waals surface area (Å²) in [6.45, 7) is 7.09. The molecule has 1 aromatic carbocycles. The molecule has 2 nitrogen and oxygen atoms in total. The van der Waals surface area contributed by atoms with Crippen LogP contribution in [0.4, 0.5) is 5.69 Å². The number of rotatable bonds is 2.